The van der Waals surface area contributed by atoms with E-state index in [2.05, 4.69) is 31.3 Å². The van der Waals surface area contributed by atoms with Crippen molar-refractivity contribution in [2.75, 3.05) is 33.5 Å². The first-order chi connectivity index (χ1) is 10.1. The number of nitrogens with one attached hydrogen (secondary N) is 1. The van der Waals surface area contributed by atoms with E-state index >= 15 is 0 Å². The van der Waals surface area contributed by atoms with Crippen LogP contribution in [0.5, 0.6) is 5.75 Å². The van der Waals surface area contributed by atoms with Gasteiger partial charge in [-0.3, -0.25) is 0 Å². The maximum Gasteiger partial charge on any atom is 0.125 e. The zero-order valence-electron chi connectivity index (χ0n) is 13.4. The van der Waals surface area contributed by atoms with Crippen molar-refractivity contribution >= 4 is 0 Å². The molecule has 1 aliphatic heterocycles. The molecular formula is C17H27NO3. The number of rotatable bonds is 9. The molecule has 1 atom stereocenters. The van der Waals surface area contributed by atoms with E-state index < -0.39 is 0 Å². The number of unbranched alkanes of at least 4 members (excludes halogenated alkanes) is 1. The molecule has 118 valence electrons. The standard InChI is InChI=1S/C17H27NO3/c1-17(2)16(14-8-4-5-9-15(14)21-17)18-10-6-7-11-20-13-12-19-3/h4-5,8-9,16,18H,6-7,10-13H2,1-3H3. The fraction of sp³-hybridized carbons (Fsp3) is 0.647. The first-order valence-corrected chi connectivity index (χ1v) is 7.73. The van der Waals surface area contributed by atoms with Crippen molar-refractivity contribution < 1.29 is 14.2 Å². The summed E-state index contributed by atoms with van der Waals surface area (Å²) in [6.07, 6.45) is 2.16. The average Bonchev–Trinajstić information content (AvgIpc) is 2.72. The van der Waals surface area contributed by atoms with Crippen LogP contribution in [0.2, 0.25) is 0 Å². The molecule has 0 aliphatic carbocycles. The molecule has 2 rings (SSSR count). The fourth-order valence-corrected chi connectivity index (χ4v) is 2.70. The Kier molecular flexibility index (Phi) is 6.03. The molecule has 1 heterocycles. The molecule has 0 amide bonds. The van der Waals surface area contributed by atoms with Crippen LogP contribution < -0.4 is 10.1 Å². The Bertz CT molecular complexity index is 434. The van der Waals surface area contributed by atoms with Crippen LogP contribution in [0.1, 0.15) is 38.3 Å². The van der Waals surface area contributed by atoms with Gasteiger partial charge in [-0.1, -0.05) is 18.2 Å². The monoisotopic (exact) mass is 293 g/mol. The van der Waals surface area contributed by atoms with E-state index in [1.807, 2.05) is 12.1 Å². The van der Waals surface area contributed by atoms with Crippen molar-refractivity contribution in [3.8, 4) is 5.75 Å². The zero-order valence-corrected chi connectivity index (χ0v) is 13.4. The molecule has 0 aromatic heterocycles. The van der Waals surface area contributed by atoms with Gasteiger partial charge in [-0.05, 0) is 39.3 Å². The molecular weight excluding hydrogens is 266 g/mol. The van der Waals surface area contributed by atoms with E-state index in [-0.39, 0.29) is 11.6 Å². The Morgan fingerprint density at radius 3 is 2.76 bits per heavy atom. The van der Waals surface area contributed by atoms with Crippen LogP contribution in [0.4, 0.5) is 0 Å². The maximum absolute atomic E-state index is 6.03. The summed E-state index contributed by atoms with van der Waals surface area (Å²) in [5.74, 6) is 1.00. The SMILES string of the molecule is COCCOCCCCNC1c2ccccc2OC1(C)C. The van der Waals surface area contributed by atoms with Gasteiger partial charge in [0.25, 0.3) is 0 Å². The van der Waals surface area contributed by atoms with Gasteiger partial charge in [0, 0.05) is 19.3 Å². The molecule has 0 spiro atoms. The smallest absolute Gasteiger partial charge is 0.125 e. The first-order valence-electron chi connectivity index (χ1n) is 7.73. The van der Waals surface area contributed by atoms with E-state index in [0.717, 1.165) is 31.7 Å². The summed E-state index contributed by atoms with van der Waals surface area (Å²) < 4.78 is 16.4. The predicted molar refractivity (Wildman–Crippen MR) is 83.8 cm³/mol. The molecule has 1 N–H and O–H groups in total. The molecule has 0 fully saturated rings. The summed E-state index contributed by atoms with van der Waals surface area (Å²) in [5.41, 5.74) is 1.07. The van der Waals surface area contributed by atoms with Gasteiger partial charge in [0.05, 0.1) is 19.3 Å². The van der Waals surface area contributed by atoms with Crippen molar-refractivity contribution in [3.63, 3.8) is 0 Å². The van der Waals surface area contributed by atoms with Gasteiger partial charge in [-0.25, -0.2) is 0 Å². The lowest BCUT2D eigenvalue weighted by atomic mass is 9.94. The normalized spacial score (nSPS) is 19.3. The number of benzene rings is 1. The number of methoxy groups -OCH3 is 1. The largest absolute Gasteiger partial charge is 0.486 e. The minimum atomic E-state index is -0.196. The topological polar surface area (TPSA) is 39.7 Å². The van der Waals surface area contributed by atoms with Gasteiger partial charge in [-0.15, -0.1) is 0 Å². The number of ether oxygens (including phenoxy) is 3. The van der Waals surface area contributed by atoms with Crippen LogP contribution in [0, 0.1) is 0 Å². The highest BCUT2D eigenvalue weighted by molar-refractivity contribution is 5.42. The lowest BCUT2D eigenvalue weighted by molar-refractivity contribution is 0.0679. The molecule has 4 nitrogen and oxygen atoms in total. The summed E-state index contributed by atoms with van der Waals surface area (Å²) in [4.78, 5) is 0. The highest BCUT2D eigenvalue weighted by Crippen LogP contribution is 2.42. The first kappa shape index (κ1) is 16.3. The van der Waals surface area contributed by atoms with E-state index in [4.69, 9.17) is 14.2 Å². The Labute approximate surface area is 127 Å². The molecule has 1 aromatic rings. The van der Waals surface area contributed by atoms with Gasteiger partial charge < -0.3 is 19.5 Å². The van der Waals surface area contributed by atoms with Crippen LogP contribution in [-0.4, -0.2) is 39.1 Å². The highest BCUT2D eigenvalue weighted by Gasteiger charge is 2.40. The summed E-state index contributed by atoms with van der Waals surface area (Å²) in [6.45, 7) is 7.39. The highest BCUT2D eigenvalue weighted by atomic mass is 16.5. The third-order valence-corrected chi connectivity index (χ3v) is 3.79. The summed E-state index contributed by atoms with van der Waals surface area (Å²) >= 11 is 0. The van der Waals surface area contributed by atoms with E-state index in [9.17, 15) is 0 Å². The van der Waals surface area contributed by atoms with E-state index in [1.54, 1.807) is 7.11 Å². The minimum absolute atomic E-state index is 0.196. The minimum Gasteiger partial charge on any atom is -0.486 e. The molecule has 0 saturated heterocycles. The fourth-order valence-electron chi connectivity index (χ4n) is 2.70. The molecule has 1 aliphatic rings. The molecule has 1 aromatic carbocycles. The molecule has 0 bridgehead atoms. The van der Waals surface area contributed by atoms with Crippen molar-refractivity contribution in [2.24, 2.45) is 0 Å². The second kappa shape index (κ2) is 7.78. The lowest BCUT2D eigenvalue weighted by Gasteiger charge is -2.27. The van der Waals surface area contributed by atoms with Crippen molar-refractivity contribution in [2.45, 2.75) is 38.3 Å². The third kappa shape index (κ3) is 4.43. The predicted octanol–water partition coefficient (Wildman–Crippen LogP) is 2.93. The van der Waals surface area contributed by atoms with Crippen LogP contribution in [-0.2, 0) is 9.47 Å². The van der Waals surface area contributed by atoms with Crippen molar-refractivity contribution in [1.29, 1.82) is 0 Å². The maximum atomic E-state index is 6.03. The van der Waals surface area contributed by atoms with Gasteiger partial charge >= 0.3 is 0 Å². The van der Waals surface area contributed by atoms with Crippen LogP contribution in [0.25, 0.3) is 0 Å². The number of para-hydroxylation sites is 1. The van der Waals surface area contributed by atoms with Crippen molar-refractivity contribution in [1.82, 2.24) is 5.32 Å². The summed E-state index contributed by atoms with van der Waals surface area (Å²) in [7, 11) is 1.69. The molecule has 21 heavy (non-hydrogen) atoms. The second-order valence-corrected chi connectivity index (χ2v) is 5.94. The number of hydrogen-bond acceptors (Lipinski definition) is 4. The Morgan fingerprint density at radius 1 is 1.14 bits per heavy atom. The summed E-state index contributed by atoms with van der Waals surface area (Å²) in [5, 5.41) is 3.62. The van der Waals surface area contributed by atoms with Crippen LogP contribution in [0.15, 0.2) is 24.3 Å². The summed E-state index contributed by atoms with van der Waals surface area (Å²) in [6, 6.07) is 8.54. The van der Waals surface area contributed by atoms with Gasteiger partial charge in [0.1, 0.15) is 11.4 Å². The van der Waals surface area contributed by atoms with Gasteiger partial charge in [-0.2, -0.15) is 0 Å². The van der Waals surface area contributed by atoms with Crippen LogP contribution >= 0.6 is 0 Å². The molecule has 0 radical (unpaired) electrons. The number of hydrogen-bond donors (Lipinski definition) is 1. The quantitative estimate of drug-likeness (QED) is 0.711. The number of fused-ring (bicyclic) bond motifs is 1. The Balaban J connectivity index is 1.70. The Hall–Kier alpha value is -1.10. The average molecular weight is 293 g/mol. The molecule has 4 heteroatoms. The zero-order chi connectivity index (χ0) is 15.1. The Morgan fingerprint density at radius 2 is 1.95 bits per heavy atom. The van der Waals surface area contributed by atoms with Crippen molar-refractivity contribution in [3.05, 3.63) is 29.8 Å². The second-order valence-electron chi connectivity index (χ2n) is 5.94. The van der Waals surface area contributed by atoms with E-state index in [1.165, 1.54) is 5.56 Å². The lowest BCUT2D eigenvalue weighted by Crippen LogP contribution is -2.39. The van der Waals surface area contributed by atoms with Crippen LogP contribution in [0.3, 0.4) is 0 Å². The van der Waals surface area contributed by atoms with E-state index in [0.29, 0.717) is 13.2 Å². The molecule has 0 saturated carbocycles. The third-order valence-electron chi connectivity index (χ3n) is 3.79. The van der Waals surface area contributed by atoms with Gasteiger partial charge in [0.15, 0.2) is 0 Å². The molecule has 1 unspecified atom stereocenters. The van der Waals surface area contributed by atoms with Gasteiger partial charge in [0.2, 0.25) is 0 Å².